The highest BCUT2D eigenvalue weighted by Gasteiger charge is 2.05. The molecule has 90 valence electrons. The van der Waals surface area contributed by atoms with Gasteiger partial charge in [-0.25, -0.2) is 0 Å². The Morgan fingerprint density at radius 3 is 2.61 bits per heavy atom. The van der Waals surface area contributed by atoms with E-state index in [1.54, 1.807) is 0 Å². The molecule has 3 nitrogen and oxygen atoms in total. The molecule has 18 heavy (non-hydrogen) atoms. The highest BCUT2D eigenvalue weighted by atomic mass is 16.5. The molecule has 3 rings (SSSR count). The third-order valence-corrected chi connectivity index (χ3v) is 3.01. The van der Waals surface area contributed by atoms with Crippen LogP contribution in [-0.4, -0.2) is 11.6 Å². The molecular formula is C15H13NO2. The monoisotopic (exact) mass is 239 g/mol. The van der Waals surface area contributed by atoms with Gasteiger partial charge in [-0.1, -0.05) is 18.2 Å². The summed E-state index contributed by atoms with van der Waals surface area (Å²) in [6.45, 7) is 2.59. The van der Waals surface area contributed by atoms with E-state index in [2.05, 4.69) is 4.98 Å². The average Bonchev–Trinajstić information content (AvgIpc) is 2.40. The van der Waals surface area contributed by atoms with Gasteiger partial charge in [-0.2, -0.15) is 0 Å². The topological polar surface area (TPSA) is 42.1 Å². The molecule has 1 N–H and O–H groups in total. The van der Waals surface area contributed by atoms with E-state index in [9.17, 15) is 4.79 Å². The molecule has 0 bridgehead atoms. The van der Waals surface area contributed by atoms with Gasteiger partial charge in [0.1, 0.15) is 5.75 Å². The summed E-state index contributed by atoms with van der Waals surface area (Å²) in [6.07, 6.45) is 0. The average molecular weight is 239 g/mol. The minimum atomic E-state index is -0.0535. The Morgan fingerprint density at radius 1 is 1.06 bits per heavy atom. The lowest BCUT2D eigenvalue weighted by atomic mass is 10.1. The molecule has 3 aromatic rings. The Bertz CT molecular complexity index is 774. The Balaban J connectivity index is 2.42. The van der Waals surface area contributed by atoms with Crippen molar-refractivity contribution in [2.75, 3.05) is 6.61 Å². The summed E-state index contributed by atoms with van der Waals surface area (Å²) in [7, 11) is 0. The first-order chi connectivity index (χ1) is 8.79. The zero-order chi connectivity index (χ0) is 12.5. The van der Waals surface area contributed by atoms with Gasteiger partial charge in [0.25, 0.3) is 5.56 Å². The number of H-pyrrole nitrogens is 1. The smallest absolute Gasteiger partial charge is 0.256 e. The van der Waals surface area contributed by atoms with E-state index in [1.165, 1.54) is 0 Å². The van der Waals surface area contributed by atoms with Crippen molar-refractivity contribution in [2.45, 2.75) is 6.92 Å². The third-order valence-electron chi connectivity index (χ3n) is 3.01. The molecular weight excluding hydrogens is 226 g/mol. The van der Waals surface area contributed by atoms with Crippen LogP contribution in [0.3, 0.4) is 0 Å². The normalized spacial score (nSPS) is 10.9. The van der Waals surface area contributed by atoms with Gasteiger partial charge in [0.2, 0.25) is 0 Å². The molecule has 0 aliphatic heterocycles. The highest BCUT2D eigenvalue weighted by Crippen LogP contribution is 2.25. The van der Waals surface area contributed by atoms with E-state index in [0.717, 1.165) is 22.0 Å². The molecule has 0 aliphatic rings. The van der Waals surface area contributed by atoms with Crippen LogP contribution in [-0.2, 0) is 0 Å². The maximum absolute atomic E-state index is 11.9. The van der Waals surface area contributed by atoms with Crippen molar-refractivity contribution in [1.29, 1.82) is 0 Å². The number of aromatic amines is 1. The molecule has 0 unspecified atom stereocenters. The Labute approximate surface area is 104 Å². The maximum atomic E-state index is 11.9. The largest absolute Gasteiger partial charge is 0.494 e. The molecule has 0 saturated heterocycles. The van der Waals surface area contributed by atoms with Gasteiger partial charge in [-0.15, -0.1) is 0 Å². The van der Waals surface area contributed by atoms with E-state index in [1.807, 2.05) is 49.4 Å². The molecule has 2 aromatic carbocycles. The minimum Gasteiger partial charge on any atom is -0.494 e. The Kier molecular flexibility index (Phi) is 2.52. The molecule has 0 atom stereocenters. The maximum Gasteiger partial charge on any atom is 0.256 e. The van der Waals surface area contributed by atoms with Crippen molar-refractivity contribution in [3.8, 4) is 5.75 Å². The highest BCUT2D eigenvalue weighted by molar-refractivity contribution is 6.05. The lowest BCUT2D eigenvalue weighted by molar-refractivity contribution is 0.341. The number of nitrogens with one attached hydrogen (secondary N) is 1. The van der Waals surface area contributed by atoms with Crippen LogP contribution in [0.25, 0.3) is 21.7 Å². The van der Waals surface area contributed by atoms with E-state index in [4.69, 9.17) is 4.74 Å². The first kappa shape index (κ1) is 10.8. The van der Waals surface area contributed by atoms with Crippen molar-refractivity contribution in [3.05, 3.63) is 52.8 Å². The first-order valence-corrected chi connectivity index (χ1v) is 5.97. The number of rotatable bonds is 2. The quantitative estimate of drug-likeness (QED) is 0.698. The van der Waals surface area contributed by atoms with E-state index in [-0.39, 0.29) is 5.56 Å². The second-order valence-electron chi connectivity index (χ2n) is 4.14. The van der Waals surface area contributed by atoms with Crippen LogP contribution in [0, 0.1) is 0 Å². The first-order valence-electron chi connectivity index (χ1n) is 5.97. The Morgan fingerprint density at radius 2 is 1.83 bits per heavy atom. The van der Waals surface area contributed by atoms with Crippen molar-refractivity contribution < 1.29 is 4.74 Å². The van der Waals surface area contributed by atoms with Gasteiger partial charge in [0, 0.05) is 16.3 Å². The summed E-state index contributed by atoms with van der Waals surface area (Å²) >= 11 is 0. The van der Waals surface area contributed by atoms with Crippen LogP contribution >= 0.6 is 0 Å². The molecule has 0 fully saturated rings. The SMILES string of the molecule is CCOc1ccc2[nH]c(=O)c3ccccc3c2c1. The van der Waals surface area contributed by atoms with Gasteiger partial charge < -0.3 is 9.72 Å². The predicted octanol–water partition coefficient (Wildman–Crippen LogP) is 3.08. The van der Waals surface area contributed by atoms with Crippen LogP contribution in [0.1, 0.15) is 6.92 Å². The molecule has 0 amide bonds. The zero-order valence-electron chi connectivity index (χ0n) is 10.1. The number of fused-ring (bicyclic) bond motifs is 3. The van der Waals surface area contributed by atoms with Crippen LogP contribution in [0.5, 0.6) is 5.75 Å². The van der Waals surface area contributed by atoms with Crippen LogP contribution in [0.2, 0.25) is 0 Å². The number of ether oxygens (including phenoxy) is 1. The van der Waals surface area contributed by atoms with Crippen LogP contribution < -0.4 is 10.3 Å². The number of hydrogen-bond donors (Lipinski definition) is 1. The number of hydrogen-bond acceptors (Lipinski definition) is 2. The third kappa shape index (κ3) is 1.64. The summed E-state index contributed by atoms with van der Waals surface area (Å²) in [6, 6.07) is 13.3. The van der Waals surface area contributed by atoms with Gasteiger partial charge in [-0.05, 0) is 36.6 Å². The standard InChI is InChI=1S/C15H13NO2/c1-2-18-10-7-8-14-13(9-10)11-5-3-4-6-12(11)15(17)16-14/h3-9H,2H2,1H3,(H,16,17). The molecule has 0 saturated carbocycles. The van der Waals surface area contributed by atoms with E-state index in [0.29, 0.717) is 12.0 Å². The lowest BCUT2D eigenvalue weighted by Gasteiger charge is -2.07. The summed E-state index contributed by atoms with van der Waals surface area (Å²) in [4.78, 5) is 14.8. The summed E-state index contributed by atoms with van der Waals surface area (Å²) < 4.78 is 5.50. The summed E-state index contributed by atoms with van der Waals surface area (Å²) in [5.74, 6) is 0.821. The zero-order valence-corrected chi connectivity index (χ0v) is 10.1. The minimum absolute atomic E-state index is 0.0535. The van der Waals surface area contributed by atoms with E-state index >= 15 is 0 Å². The molecule has 0 aliphatic carbocycles. The van der Waals surface area contributed by atoms with Crippen LogP contribution in [0.4, 0.5) is 0 Å². The van der Waals surface area contributed by atoms with Gasteiger partial charge in [-0.3, -0.25) is 4.79 Å². The fourth-order valence-electron chi connectivity index (χ4n) is 2.22. The molecule has 3 heteroatoms. The number of pyridine rings is 1. The van der Waals surface area contributed by atoms with Gasteiger partial charge in [0.05, 0.1) is 6.61 Å². The number of benzene rings is 2. The summed E-state index contributed by atoms with van der Waals surface area (Å²) in [5.41, 5.74) is 0.782. The van der Waals surface area contributed by atoms with Gasteiger partial charge in [0.15, 0.2) is 0 Å². The van der Waals surface area contributed by atoms with Crippen molar-refractivity contribution >= 4 is 21.7 Å². The van der Waals surface area contributed by atoms with Gasteiger partial charge >= 0.3 is 0 Å². The molecule has 0 spiro atoms. The van der Waals surface area contributed by atoms with Crippen molar-refractivity contribution in [1.82, 2.24) is 4.98 Å². The van der Waals surface area contributed by atoms with E-state index < -0.39 is 0 Å². The second kappa shape index (κ2) is 4.18. The van der Waals surface area contributed by atoms with Crippen LogP contribution in [0.15, 0.2) is 47.3 Å². The fourth-order valence-corrected chi connectivity index (χ4v) is 2.22. The second-order valence-corrected chi connectivity index (χ2v) is 4.14. The Hall–Kier alpha value is -2.29. The lowest BCUT2D eigenvalue weighted by Crippen LogP contribution is -2.06. The summed E-state index contributed by atoms with van der Waals surface area (Å²) in [5, 5.41) is 2.67. The van der Waals surface area contributed by atoms with Crippen molar-refractivity contribution in [3.63, 3.8) is 0 Å². The molecule has 0 radical (unpaired) electrons. The molecule has 1 aromatic heterocycles. The molecule has 1 heterocycles. The van der Waals surface area contributed by atoms with Crippen molar-refractivity contribution in [2.24, 2.45) is 0 Å². The fraction of sp³-hybridized carbons (Fsp3) is 0.133. The predicted molar refractivity (Wildman–Crippen MR) is 73.2 cm³/mol. The number of aromatic nitrogens is 1.